The van der Waals surface area contributed by atoms with Gasteiger partial charge < -0.3 is 10.2 Å². The lowest BCUT2D eigenvalue weighted by Crippen LogP contribution is -2.35. The van der Waals surface area contributed by atoms with E-state index in [1.807, 2.05) is 35.2 Å². The van der Waals surface area contributed by atoms with Crippen LogP contribution in [0.3, 0.4) is 0 Å². The zero-order chi connectivity index (χ0) is 22.1. The van der Waals surface area contributed by atoms with Crippen LogP contribution < -0.4 is 5.32 Å². The molecular weight excluding hydrogens is 403 g/mol. The Balaban J connectivity index is 1.41. The summed E-state index contributed by atoms with van der Waals surface area (Å²) in [5.41, 5.74) is 5.50. The summed E-state index contributed by atoms with van der Waals surface area (Å²) in [6.45, 7) is 1.58. The van der Waals surface area contributed by atoms with Crippen LogP contribution in [0.15, 0.2) is 60.7 Å². The molecule has 5 rings (SSSR count). The van der Waals surface area contributed by atoms with Gasteiger partial charge in [0.2, 0.25) is 0 Å². The van der Waals surface area contributed by atoms with Crippen molar-refractivity contribution in [2.75, 3.05) is 18.4 Å². The van der Waals surface area contributed by atoms with Crippen molar-refractivity contribution in [3.8, 4) is 0 Å². The number of anilines is 2. The number of ketones is 1. The maximum Gasteiger partial charge on any atom is 0.253 e. The van der Waals surface area contributed by atoms with Gasteiger partial charge >= 0.3 is 0 Å². The fraction of sp³-hybridized carbons (Fsp3) is 0.259. The Morgan fingerprint density at radius 2 is 1.50 bits per heavy atom. The first-order valence-electron chi connectivity index (χ1n) is 11.2. The van der Waals surface area contributed by atoms with Crippen molar-refractivity contribution >= 4 is 23.1 Å². The van der Waals surface area contributed by atoms with Crippen LogP contribution in [0.1, 0.15) is 56.7 Å². The Hall–Kier alpha value is -3.47. The average molecular weight is 429 g/mol. The largest absolute Gasteiger partial charge is 0.356 e. The second-order valence-corrected chi connectivity index (χ2v) is 8.56. The van der Waals surface area contributed by atoms with E-state index in [1.54, 1.807) is 18.2 Å². The number of aryl methyl sites for hydroxylation is 2. The Kier molecular flexibility index (Phi) is 5.48. The molecule has 1 amide bonds. The van der Waals surface area contributed by atoms with Crippen LogP contribution in [0.25, 0.3) is 0 Å². The third-order valence-electron chi connectivity index (χ3n) is 6.39. The molecule has 0 radical (unpaired) electrons. The molecule has 0 atom stereocenters. The number of benzene rings is 3. The monoisotopic (exact) mass is 428 g/mol. The van der Waals surface area contributed by atoms with Crippen LogP contribution >= 0.6 is 0 Å². The molecule has 1 aliphatic carbocycles. The van der Waals surface area contributed by atoms with E-state index in [9.17, 15) is 14.0 Å². The molecule has 0 spiro atoms. The van der Waals surface area contributed by atoms with Gasteiger partial charge in [-0.2, -0.15) is 0 Å². The highest BCUT2D eigenvalue weighted by atomic mass is 19.1. The van der Waals surface area contributed by atoms with Gasteiger partial charge in [0.25, 0.3) is 5.91 Å². The topological polar surface area (TPSA) is 49.4 Å². The number of amides is 1. The first-order chi connectivity index (χ1) is 15.6. The predicted octanol–water partition coefficient (Wildman–Crippen LogP) is 5.53. The van der Waals surface area contributed by atoms with Crippen molar-refractivity contribution in [3.63, 3.8) is 0 Å². The highest BCUT2D eigenvalue weighted by Crippen LogP contribution is 2.29. The smallest absolute Gasteiger partial charge is 0.253 e. The molecule has 1 fully saturated rings. The second-order valence-electron chi connectivity index (χ2n) is 8.56. The van der Waals surface area contributed by atoms with E-state index in [1.165, 1.54) is 18.6 Å². The van der Waals surface area contributed by atoms with Crippen LogP contribution in [0.2, 0.25) is 0 Å². The van der Waals surface area contributed by atoms with Crippen LogP contribution in [-0.4, -0.2) is 29.7 Å². The fourth-order valence-electron chi connectivity index (χ4n) is 4.63. The minimum absolute atomic E-state index is 0.0172. The van der Waals surface area contributed by atoms with Gasteiger partial charge in [-0.3, -0.25) is 9.59 Å². The van der Waals surface area contributed by atoms with Gasteiger partial charge in [-0.05, 0) is 97.8 Å². The lowest BCUT2D eigenvalue weighted by atomic mass is 9.96. The lowest BCUT2D eigenvalue weighted by Gasteiger charge is -2.27. The number of carbonyl (C=O) groups is 2. The quantitative estimate of drug-likeness (QED) is 0.597. The number of hydrogen-bond donors (Lipinski definition) is 1. The number of hydrogen-bond acceptors (Lipinski definition) is 3. The van der Waals surface area contributed by atoms with Gasteiger partial charge in [-0.1, -0.05) is 6.07 Å². The molecule has 32 heavy (non-hydrogen) atoms. The minimum atomic E-state index is -0.279. The molecule has 4 nitrogen and oxygen atoms in total. The average Bonchev–Trinajstić information content (AvgIpc) is 2.97. The van der Waals surface area contributed by atoms with Gasteiger partial charge in [0.05, 0.1) is 0 Å². The molecule has 1 saturated heterocycles. The molecule has 0 saturated carbocycles. The number of nitrogens with zero attached hydrogens (tertiary/aromatic N) is 1. The van der Waals surface area contributed by atoms with Crippen molar-refractivity contribution in [1.29, 1.82) is 0 Å². The standard InChI is InChI=1S/C27H25FN2O2/c28-21-8-10-22(11-9-21)29-23-12-13-24-19(16-23)6-4-18-5-7-20(17-25(18)26(24)31)27(32)30-14-2-1-3-15-30/h5,7-13,16-17,29H,1-4,6,14-15H2. The number of fused-ring (bicyclic) bond motifs is 2. The summed E-state index contributed by atoms with van der Waals surface area (Å²) in [6.07, 6.45) is 4.73. The summed E-state index contributed by atoms with van der Waals surface area (Å²) in [7, 11) is 0. The van der Waals surface area contributed by atoms with Crippen LogP contribution in [0, 0.1) is 5.82 Å². The number of piperidine rings is 1. The lowest BCUT2D eigenvalue weighted by molar-refractivity contribution is 0.0724. The number of carbonyl (C=O) groups excluding carboxylic acids is 2. The van der Waals surface area contributed by atoms with Crippen LogP contribution in [0.5, 0.6) is 0 Å². The fourth-order valence-corrected chi connectivity index (χ4v) is 4.63. The van der Waals surface area contributed by atoms with Crippen molar-refractivity contribution < 1.29 is 14.0 Å². The molecule has 0 unspecified atom stereocenters. The molecule has 1 N–H and O–H groups in total. The van der Waals surface area contributed by atoms with Crippen molar-refractivity contribution in [3.05, 3.63) is 94.3 Å². The van der Waals surface area contributed by atoms with E-state index in [-0.39, 0.29) is 17.5 Å². The Labute approximate surface area is 187 Å². The second kappa shape index (κ2) is 8.58. The molecule has 1 aliphatic heterocycles. The molecule has 1 heterocycles. The maximum atomic E-state index is 13.4. The first-order valence-corrected chi connectivity index (χ1v) is 11.2. The normalized spacial score (nSPS) is 15.5. The van der Waals surface area contributed by atoms with Gasteiger partial charge in [0.15, 0.2) is 5.78 Å². The summed E-state index contributed by atoms with van der Waals surface area (Å²) in [5, 5.41) is 3.27. The molecule has 2 aliphatic rings. The molecule has 5 heteroatoms. The zero-order valence-corrected chi connectivity index (χ0v) is 17.9. The summed E-state index contributed by atoms with van der Waals surface area (Å²) in [5.74, 6) is -0.295. The Morgan fingerprint density at radius 1 is 0.781 bits per heavy atom. The van der Waals surface area contributed by atoms with Crippen LogP contribution in [0.4, 0.5) is 15.8 Å². The zero-order valence-electron chi connectivity index (χ0n) is 17.9. The minimum Gasteiger partial charge on any atom is -0.356 e. The third kappa shape index (κ3) is 4.03. The number of nitrogens with one attached hydrogen (secondary N) is 1. The number of likely N-dealkylation sites (tertiary alicyclic amines) is 1. The molecule has 162 valence electrons. The summed E-state index contributed by atoms with van der Waals surface area (Å²) in [6, 6.07) is 17.5. The Bertz CT molecular complexity index is 1180. The van der Waals surface area contributed by atoms with Crippen molar-refractivity contribution in [1.82, 2.24) is 4.90 Å². The summed E-state index contributed by atoms with van der Waals surface area (Å²) in [4.78, 5) is 28.2. The summed E-state index contributed by atoms with van der Waals surface area (Å²) >= 11 is 0. The van der Waals surface area contributed by atoms with E-state index in [0.29, 0.717) is 16.7 Å². The Morgan fingerprint density at radius 3 is 2.28 bits per heavy atom. The molecule has 3 aromatic carbocycles. The molecule has 0 bridgehead atoms. The van der Waals surface area contributed by atoms with Crippen LogP contribution in [-0.2, 0) is 12.8 Å². The van der Waals surface area contributed by atoms with E-state index >= 15 is 0 Å². The summed E-state index contributed by atoms with van der Waals surface area (Å²) < 4.78 is 13.2. The van der Waals surface area contributed by atoms with E-state index in [4.69, 9.17) is 0 Å². The van der Waals surface area contributed by atoms with Gasteiger partial charge in [0, 0.05) is 41.2 Å². The van der Waals surface area contributed by atoms with Gasteiger partial charge in [-0.25, -0.2) is 4.39 Å². The van der Waals surface area contributed by atoms with E-state index in [0.717, 1.165) is 61.3 Å². The predicted molar refractivity (Wildman–Crippen MR) is 123 cm³/mol. The first kappa shape index (κ1) is 20.4. The molecular formula is C27H25FN2O2. The third-order valence-corrected chi connectivity index (χ3v) is 6.39. The number of halogens is 1. The maximum absolute atomic E-state index is 13.4. The molecule has 3 aromatic rings. The highest BCUT2D eigenvalue weighted by molar-refractivity contribution is 6.12. The molecule has 0 aromatic heterocycles. The SMILES string of the molecule is O=C1c2ccc(Nc3ccc(F)cc3)cc2CCc2ccc(C(=O)N3CCCCC3)cc21. The van der Waals surface area contributed by atoms with E-state index < -0.39 is 0 Å². The van der Waals surface area contributed by atoms with E-state index in [2.05, 4.69) is 5.32 Å². The number of rotatable bonds is 3. The van der Waals surface area contributed by atoms with Gasteiger partial charge in [-0.15, -0.1) is 0 Å². The van der Waals surface area contributed by atoms with Crippen molar-refractivity contribution in [2.24, 2.45) is 0 Å². The van der Waals surface area contributed by atoms with Crippen molar-refractivity contribution in [2.45, 2.75) is 32.1 Å². The highest BCUT2D eigenvalue weighted by Gasteiger charge is 2.24. The van der Waals surface area contributed by atoms with Gasteiger partial charge in [0.1, 0.15) is 5.82 Å².